The number of ether oxygens (including phenoxy) is 3. The summed E-state index contributed by atoms with van der Waals surface area (Å²) in [5.74, 6) is -6.65. The Hall–Kier alpha value is -4.56. The van der Waals surface area contributed by atoms with Crippen molar-refractivity contribution in [2.24, 2.45) is 5.73 Å². The van der Waals surface area contributed by atoms with Crippen molar-refractivity contribution in [3.8, 4) is 0 Å². The molecule has 21 nitrogen and oxygen atoms in total. The minimum absolute atomic E-state index is 0.0751. The molecular formula is C45H79N8O13P. The van der Waals surface area contributed by atoms with Gasteiger partial charge in [0.2, 0.25) is 17.7 Å². The lowest BCUT2D eigenvalue weighted by atomic mass is 10.0. The molecule has 2 rings (SSSR count). The maximum atomic E-state index is 13.5. The number of carboxylic acid groups (broad SMARTS) is 1. The first-order valence-corrected chi connectivity index (χ1v) is 25.3. The molecule has 0 aromatic carbocycles. The number of carbonyl (C=O) groups is 6. The number of nitrogens with zero attached hydrogens (tertiary/aromatic N) is 3. The number of imidazole rings is 1. The number of carboxylic acids is 1. The second-order valence-corrected chi connectivity index (χ2v) is 20.1. The van der Waals surface area contributed by atoms with E-state index in [9.17, 15) is 43.5 Å². The van der Waals surface area contributed by atoms with Crippen molar-refractivity contribution in [1.82, 2.24) is 35.3 Å². The molecule has 0 fully saturated rings. The Bertz CT molecular complexity index is 1730. The summed E-state index contributed by atoms with van der Waals surface area (Å²) < 4.78 is 38.5. The number of esters is 2. The Kier molecular flexibility index (Phi) is 28.2. The summed E-state index contributed by atoms with van der Waals surface area (Å²) in [4.78, 5) is 83.7. The number of H-pyrrole nitrogens is 1. The van der Waals surface area contributed by atoms with Crippen LogP contribution in [0.2, 0.25) is 0 Å². The fraction of sp³-hybridized carbons (Fsp3) is 0.756. The van der Waals surface area contributed by atoms with E-state index in [0.29, 0.717) is 31.5 Å². The Morgan fingerprint density at radius 2 is 1.43 bits per heavy atom. The van der Waals surface area contributed by atoms with E-state index in [-0.39, 0.29) is 25.9 Å². The predicted octanol–water partition coefficient (Wildman–Crippen LogP) is 4.77. The number of cyclic esters (lactones) is 1. The summed E-state index contributed by atoms with van der Waals surface area (Å²) in [6.45, 7) is 3.65. The zero-order valence-corrected chi connectivity index (χ0v) is 41.5. The molecule has 382 valence electrons. The molecule has 0 radical (unpaired) electrons. The summed E-state index contributed by atoms with van der Waals surface area (Å²) >= 11 is 0. The number of aromatic nitrogens is 2. The van der Waals surface area contributed by atoms with Crippen LogP contribution in [0.25, 0.3) is 0 Å². The third kappa shape index (κ3) is 22.0. The molecule has 5 unspecified atom stereocenters. The van der Waals surface area contributed by atoms with Crippen LogP contribution >= 0.6 is 7.67 Å². The lowest BCUT2D eigenvalue weighted by Gasteiger charge is -2.29. The van der Waals surface area contributed by atoms with Crippen molar-refractivity contribution < 1.29 is 62.3 Å². The second-order valence-electron chi connectivity index (χ2n) is 17.3. The monoisotopic (exact) mass is 971 g/mol. The average molecular weight is 971 g/mol. The summed E-state index contributed by atoms with van der Waals surface area (Å²) in [7, 11) is 2.17. The molecule has 1 aliphatic rings. The molecule has 3 amide bonds. The van der Waals surface area contributed by atoms with E-state index in [2.05, 4.69) is 32.8 Å². The Balaban J connectivity index is 1.97. The number of hydrogen-bond acceptors (Lipinski definition) is 14. The zero-order chi connectivity index (χ0) is 49.8. The first-order valence-electron chi connectivity index (χ1n) is 23.8. The number of aliphatic hydroxyl groups excluding tert-OH is 1. The van der Waals surface area contributed by atoms with E-state index >= 15 is 0 Å². The van der Waals surface area contributed by atoms with Gasteiger partial charge in [-0.05, 0) is 67.3 Å². The molecule has 0 saturated carbocycles. The van der Waals surface area contributed by atoms with Crippen molar-refractivity contribution in [2.75, 3.05) is 47.9 Å². The van der Waals surface area contributed by atoms with Gasteiger partial charge < -0.3 is 55.6 Å². The van der Waals surface area contributed by atoms with Gasteiger partial charge in [0.1, 0.15) is 30.8 Å². The molecule has 0 aliphatic carbocycles. The van der Waals surface area contributed by atoms with Gasteiger partial charge >= 0.3 is 25.6 Å². The standard InChI is InChI=1S/C45H79N8O13P/c1-7-8-9-10-11-12-13-14-15-16-17-18-19-22-27-63-36(40-39(56)41(45(61)65-40)66-67(62,52(3)4)53(5)6)30-64-38(55)25-24-37(54)49-32(2)42(57)50-34(23-20-21-26-46)43(58)51-35(44(59)60)28-33-29-47-31-48-33/h29,31-32,34-36,40,56H,7-28,30,46H2,1-6H3,(H,47,48)(H,49,54)(H,50,57)(H,51,58)(H,59,60). The van der Waals surface area contributed by atoms with Crippen molar-refractivity contribution in [2.45, 2.75) is 173 Å². The third-order valence-corrected chi connectivity index (χ3v) is 13.7. The van der Waals surface area contributed by atoms with Gasteiger partial charge in [0.15, 0.2) is 11.9 Å². The molecule has 2 heterocycles. The molecule has 5 atom stereocenters. The minimum atomic E-state index is -3.78. The summed E-state index contributed by atoms with van der Waals surface area (Å²) in [6.07, 6.45) is 16.7. The van der Waals surface area contributed by atoms with Gasteiger partial charge in [-0.3, -0.25) is 19.2 Å². The fourth-order valence-corrected chi connectivity index (χ4v) is 8.63. The lowest BCUT2D eigenvalue weighted by Crippen LogP contribution is -2.55. The zero-order valence-electron chi connectivity index (χ0n) is 40.6. The number of hydrogen-bond donors (Lipinski definition) is 7. The Morgan fingerprint density at radius 1 is 0.851 bits per heavy atom. The predicted molar refractivity (Wildman–Crippen MR) is 250 cm³/mol. The molecule has 1 aromatic heterocycles. The number of carbonyl (C=O) groups excluding carboxylic acids is 5. The number of rotatable bonds is 38. The first-order chi connectivity index (χ1) is 31.9. The summed E-state index contributed by atoms with van der Waals surface area (Å²) in [6, 6.07) is -3.60. The van der Waals surface area contributed by atoms with E-state index in [1.165, 1.54) is 115 Å². The van der Waals surface area contributed by atoms with Gasteiger partial charge in [0.05, 0.1) is 12.7 Å². The van der Waals surface area contributed by atoms with Crippen molar-refractivity contribution in [3.63, 3.8) is 0 Å². The van der Waals surface area contributed by atoms with Crippen LogP contribution in [0.5, 0.6) is 0 Å². The normalized spacial score (nSPS) is 15.8. The smallest absolute Gasteiger partial charge is 0.395 e. The molecule has 0 spiro atoms. The van der Waals surface area contributed by atoms with Gasteiger partial charge in [-0.2, -0.15) is 0 Å². The number of unbranched alkanes of at least 4 members (excludes halogenated alkanes) is 14. The van der Waals surface area contributed by atoms with Gasteiger partial charge in [0.25, 0.3) is 5.76 Å². The summed E-state index contributed by atoms with van der Waals surface area (Å²) in [5.41, 5.74) is 6.09. The molecule has 0 bridgehead atoms. The number of nitrogens with two attached hydrogens (primary N) is 1. The lowest BCUT2D eigenvalue weighted by molar-refractivity contribution is -0.159. The van der Waals surface area contributed by atoms with Crippen LogP contribution < -0.4 is 21.7 Å². The average Bonchev–Trinajstić information content (AvgIpc) is 3.90. The molecule has 67 heavy (non-hydrogen) atoms. The van der Waals surface area contributed by atoms with E-state index in [0.717, 1.165) is 25.7 Å². The van der Waals surface area contributed by atoms with Crippen LogP contribution in [0.4, 0.5) is 0 Å². The molecular weight excluding hydrogens is 892 g/mol. The number of aliphatic carboxylic acids is 1. The van der Waals surface area contributed by atoms with Crippen molar-refractivity contribution in [1.29, 1.82) is 0 Å². The summed E-state index contributed by atoms with van der Waals surface area (Å²) in [5, 5.41) is 28.4. The van der Waals surface area contributed by atoms with E-state index in [4.69, 9.17) is 24.5 Å². The van der Waals surface area contributed by atoms with Gasteiger partial charge in [-0.15, -0.1) is 0 Å². The highest BCUT2D eigenvalue weighted by atomic mass is 31.2. The maximum absolute atomic E-state index is 13.5. The number of aromatic amines is 1. The van der Waals surface area contributed by atoms with Crippen LogP contribution in [-0.2, 0) is 58.5 Å². The fourth-order valence-electron chi connectivity index (χ4n) is 7.18. The van der Waals surface area contributed by atoms with Crippen LogP contribution in [-0.4, -0.2) is 143 Å². The van der Waals surface area contributed by atoms with Crippen molar-refractivity contribution >= 4 is 43.3 Å². The van der Waals surface area contributed by atoms with Gasteiger partial charge in [-0.1, -0.05) is 90.4 Å². The van der Waals surface area contributed by atoms with Crippen molar-refractivity contribution in [3.05, 3.63) is 29.7 Å². The van der Waals surface area contributed by atoms with E-state index < -0.39 is 98.2 Å². The third-order valence-electron chi connectivity index (χ3n) is 11.2. The second kappa shape index (κ2) is 32.2. The largest absolute Gasteiger partial charge is 0.505 e. The maximum Gasteiger partial charge on any atom is 0.395 e. The van der Waals surface area contributed by atoms with E-state index in [1.54, 1.807) is 0 Å². The molecule has 22 heteroatoms. The van der Waals surface area contributed by atoms with Crippen LogP contribution in [0.1, 0.15) is 142 Å². The Labute approximate surface area is 396 Å². The van der Waals surface area contributed by atoms with Crippen LogP contribution in [0, 0.1) is 0 Å². The topological polar surface area (TPSA) is 294 Å². The molecule has 0 saturated heterocycles. The van der Waals surface area contributed by atoms with Crippen LogP contribution in [0.3, 0.4) is 0 Å². The first kappa shape index (κ1) is 58.6. The molecule has 1 aromatic rings. The number of amides is 3. The molecule has 8 N–H and O–H groups in total. The van der Waals surface area contributed by atoms with Gasteiger partial charge in [-0.25, -0.2) is 28.5 Å². The van der Waals surface area contributed by atoms with E-state index in [1.807, 2.05) is 0 Å². The minimum Gasteiger partial charge on any atom is -0.505 e. The quantitative estimate of drug-likeness (QED) is 0.0267. The SMILES string of the molecule is CCCCCCCCCCCCCCCCOC(COC(=O)CCC(=O)NC(C)C(=O)NC(CCCCN)C(=O)NC(Cc1cnc[nH]1)C(=O)O)C1OC(=O)C(OP(=O)(N(C)C)N(C)C)=C1O. The highest BCUT2D eigenvalue weighted by molar-refractivity contribution is 7.54. The molecule has 1 aliphatic heterocycles. The van der Waals surface area contributed by atoms with Gasteiger partial charge in [0, 0.05) is 31.3 Å². The highest BCUT2D eigenvalue weighted by Gasteiger charge is 2.46. The number of aliphatic hydroxyl groups is 1. The Morgan fingerprint density at radius 3 is 1.97 bits per heavy atom. The van der Waals surface area contributed by atoms with Crippen LogP contribution in [0.15, 0.2) is 24.0 Å². The number of nitrogens with one attached hydrogen (secondary N) is 4. The highest BCUT2D eigenvalue weighted by Crippen LogP contribution is 2.53.